The molecule has 1 unspecified atom stereocenters. The van der Waals surface area contributed by atoms with Crippen molar-refractivity contribution in [2.75, 3.05) is 27.2 Å². The lowest BCUT2D eigenvalue weighted by molar-refractivity contribution is -0.123. The maximum absolute atomic E-state index is 12.3. The maximum Gasteiger partial charge on any atom is 0.258 e. The van der Waals surface area contributed by atoms with Gasteiger partial charge in [-0.2, -0.15) is 0 Å². The molecule has 1 amide bonds. The second kappa shape index (κ2) is 9.24. The molecule has 0 saturated heterocycles. The number of hydrogen-bond donors (Lipinski definition) is 1. The maximum atomic E-state index is 12.3. The number of benzene rings is 2. The zero-order valence-corrected chi connectivity index (χ0v) is 18.3. The largest absolute Gasteiger partial charge is 0.484 e. The van der Waals surface area contributed by atoms with E-state index in [0.717, 1.165) is 11.3 Å². The predicted molar refractivity (Wildman–Crippen MR) is 116 cm³/mol. The number of nitrogens with one attached hydrogen (secondary N) is 1. The molecule has 4 heteroatoms. The molecular formula is C24H34N2O2. The summed E-state index contributed by atoms with van der Waals surface area (Å²) in [6.45, 7) is 11.3. The third kappa shape index (κ3) is 6.10. The summed E-state index contributed by atoms with van der Waals surface area (Å²) in [5.74, 6) is 0.608. The van der Waals surface area contributed by atoms with Crippen molar-refractivity contribution in [3.8, 4) is 5.75 Å². The third-order valence-electron chi connectivity index (χ3n) is 5.13. The summed E-state index contributed by atoms with van der Waals surface area (Å²) >= 11 is 0. The average Bonchev–Trinajstić information content (AvgIpc) is 2.62. The van der Waals surface area contributed by atoms with Crippen LogP contribution < -0.4 is 10.1 Å². The minimum absolute atomic E-state index is 0.0195. The van der Waals surface area contributed by atoms with Crippen LogP contribution in [0.15, 0.2) is 42.5 Å². The Labute approximate surface area is 169 Å². The highest BCUT2D eigenvalue weighted by molar-refractivity contribution is 5.77. The monoisotopic (exact) mass is 382 g/mol. The summed E-state index contributed by atoms with van der Waals surface area (Å²) < 4.78 is 5.63. The molecule has 0 radical (unpaired) electrons. The van der Waals surface area contributed by atoms with Gasteiger partial charge in [0.2, 0.25) is 0 Å². The summed E-state index contributed by atoms with van der Waals surface area (Å²) in [6, 6.07) is 14.6. The molecule has 1 atom stereocenters. The first-order valence-corrected chi connectivity index (χ1v) is 9.81. The highest BCUT2D eigenvalue weighted by atomic mass is 16.5. The Bertz CT molecular complexity index is 789. The summed E-state index contributed by atoms with van der Waals surface area (Å²) in [5.41, 5.74) is 4.99. The zero-order valence-electron chi connectivity index (χ0n) is 18.3. The number of hydrogen-bond acceptors (Lipinski definition) is 3. The van der Waals surface area contributed by atoms with Crippen molar-refractivity contribution < 1.29 is 9.53 Å². The molecule has 0 spiro atoms. The quantitative estimate of drug-likeness (QED) is 0.772. The van der Waals surface area contributed by atoms with Gasteiger partial charge in [0.1, 0.15) is 5.75 Å². The highest BCUT2D eigenvalue weighted by Crippen LogP contribution is 2.25. The van der Waals surface area contributed by atoms with Gasteiger partial charge >= 0.3 is 0 Å². The molecular weight excluding hydrogens is 348 g/mol. The molecule has 1 N–H and O–H groups in total. The normalized spacial score (nSPS) is 12.7. The van der Waals surface area contributed by atoms with Gasteiger partial charge in [0.05, 0.1) is 6.04 Å². The number of amides is 1. The van der Waals surface area contributed by atoms with Crippen LogP contribution in [0, 0.1) is 13.8 Å². The van der Waals surface area contributed by atoms with Crippen LogP contribution in [-0.2, 0) is 10.2 Å². The molecule has 0 bridgehead atoms. The number of ether oxygens (including phenoxy) is 1. The lowest BCUT2D eigenvalue weighted by Gasteiger charge is -2.26. The number of rotatable bonds is 7. The topological polar surface area (TPSA) is 41.6 Å². The van der Waals surface area contributed by atoms with E-state index in [1.807, 2.05) is 39.2 Å². The van der Waals surface area contributed by atoms with Crippen LogP contribution in [0.5, 0.6) is 5.75 Å². The molecule has 0 aliphatic heterocycles. The van der Waals surface area contributed by atoms with E-state index in [4.69, 9.17) is 4.74 Å². The summed E-state index contributed by atoms with van der Waals surface area (Å²) in [4.78, 5) is 14.4. The van der Waals surface area contributed by atoms with Gasteiger partial charge in [0.15, 0.2) is 6.61 Å². The summed E-state index contributed by atoms with van der Waals surface area (Å²) in [5, 5.41) is 3.00. The van der Waals surface area contributed by atoms with Gasteiger partial charge < -0.3 is 15.0 Å². The van der Waals surface area contributed by atoms with Crippen LogP contribution in [-0.4, -0.2) is 38.1 Å². The van der Waals surface area contributed by atoms with Crippen molar-refractivity contribution in [1.29, 1.82) is 0 Å². The fraction of sp³-hybridized carbons (Fsp3) is 0.458. The second-order valence-corrected chi connectivity index (χ2v) is 8.69. The van der Waals surface area contributed by atoms with E-state index in [0.29, 0.717) is 6.54 Å². The Morgan fingerprint density at radius 3 is 2.21 bits per heavy atom. The Hall–Kier alpha value is -2.33. The van der Waals surface area contributed by atoms with E-state index < -0.39 is 0 Å². The van der Waals surface area contributed by atoms with Crippen molar-refractivity contribution in [3.63, 3.8) is 0 Å². The first kappa shape index (κ1) is 22.0. The lowest BCUT2D eigenvalue weighted by atomic mass is 9.86. The lowest BCUT2D eigenvalue weighted by Crippen LogP contribution is -2.36. The van der Waals surface area contributed by atoms with Gasteiger partial charge in [-0.15, -0.1) is 0 Å². The predicted octanol–water partition coefficient (Wildman–Crippen LogP) is 4.40. The van der Waals surface area contributed by atoms with Crippen LogP contribution in [0.25, 0.3) is 0 Å². The zero-order chi connectivity index (χ0) is 20.9. The van der Waals surface area contributed by atoms with E-state index in [1.54, 1.807) is 0 Å². The first-order chi connectivity index (χ1) is 13.1. The Morgan fingerprint density at radius 2 is 1.68 bits per heavy atom. The van der Waals surface area contributed by atoms with Gasteiger partial charge in [0.25, 0.3) is 5.91 Å². The molecule has 0 fully saturated rings. The van der Waals surface area contributed by atoms with E-state index >= 15 is 0 Å². The fourth-order valence-electron chi connectivity index (χ4n) is 3.02. The Kier molecular flexibility index (Phi) is 7.25. The molecule has 0 aliphatic rings. The van der Waals surface area contributed by atoms with E-state index in [-0.39, 0.29) is 24.0 Å². The smallest absolute Gasteiger partial charge is 0.258 e. The minimum atomic E-state index is -0.114. The van der Waals surface area contributed by atoms with Crippen LogP contribution in [0.2, 0.25) is 0 Å². The standard InChI is InChI=1S/C24H34N2O2/c1-17-8-13-21(14-18(17)2)28-16-23(27)25-15-22(26(6)7)19-9-11-20(12-10-19)24(3,4)5/h8-14,22H,15-16H2,1-7H3,(H,25,27). The Balaban J connectivity index is 1.93. The van der Waals surface area contributed by atoms with Crippen molar-refractivity contribution in [2.24, 2.45) is 0 Å². The van der Waals surface area contributed by atoms with E-state index in [2.05, 4.69) is 62.2 Å². The molecule has 2 aromatic rings. The van der Waals surface area contributed by atoms with Crippen molar-refractivity contribution >= 4 is 5.91 Å². The van der Waals surface area contributed by atoms with E-state index in [1.165, 1.54) is 16.7 Å². The van der Waals surface area contributed by atoms with Gasteiger partial charge in [0, 0.05) is 6.54 Å². The molecule has 0 aliphatic carbocycles. The van der Waals surface area contributed by atoms with Gasteiger partial charge in [-0.1, -0.05) is 51.1 Å². The van der Waals surface area contributed by atoms with Crippen LogP contribution in [0.3, 0.4) is 0 Å². The molecule has 152 valence electrons. The molecule has 28 heavy (non-hydrogen) atoms. The number of likely N-dealkylation sites (N-methyl/N-ethyl adjacent to an activating group) is 1. The molecule has 0 saturated carbocycles. The number of nitrogens with zero attached hydrogens (tertiary/aromatic N) is 1. The average molecular weight is 383 g/mol. The van der Waals surface area contributed by atoms with Crippen LogP contribution >= 0.6 is 0 Å². The van der Waals surface area contributed by atoms with Crippen molar-refractivity contribution in [1.82, 2.24) is 10.2 Å². The van der Waals surface area contributed by atoms with Crippen LogP contribution in [0.4, 0.5) is 0 Å². The van der Waals surface area contributed by atoms with Gasteiger partial charge in [-0.3, -0.25) is 4.79 Å². The number of carbonyl (C=O) groups is 1. The molecule has 2 aromatic carbocycles. The Morgan fingerprint density at radius 1 is 1.04 bits per heavy atom. The van der Waals surface area contributed by atoms with E-state index in [9.17, 15) is 4.79 Å². The van der Waals surface area contributed by atoms with Gasteiger partial charge in [-0.05, 0) is 67.7 Å². The molecule has 4 nitrogen and oxygen atoms in total. The molecule has 0 heterocycles. The van der Waals surface area contributed by atoms with Crippen molar-refractivity contribution in [2.45, 2.75) is 46.1 Å². The second-order valence-electron chi connectivity index (χ2n) is 8.69. The summed E-state index contributed by atoms with van der Waals surface area (Å²) in [7, 11) is 4.06. The fourth-order valence-corrected chi connectivity index (χ4v) is 3.02. The third-order valence-corrected chi connectivity index (χ3v) is 5.13. The summed E-state index contributed by atoms with van der Waals surface area (Å²) in [6.07, 6.45) is 0. The highest BCUT2D eigenvalue weighted by Gasteiger charge is 2.18. The number of aryl methyl sites for hydroxylation is 2. The van der Waals surface area contributed by atoms with Gasteiger partial charge in [-0.25, -0.2) is 0 Å². The van der Waals surface area contributed by atoms with Crippen LogP contribution in [0.1, 0.15) is 49.1 Å². The van der Waals surface area contributed by atoms with Crippen molar-refractivity contribution in [3.05, 3.63) is 64.7 Å². The first-order valence-electron chi connectivity index (χ1n) is 9.81. The SMILES string of the molecule is Cc1ccc(OCC(=O)NCC(c2ccc(C(C)(C)C)cc2)N(C)C)cc1C. The molecule has 0 aromatic heterocycles. The minimum Gasteiger partial charge on any atom is -0.484 e. The number of carbonyl (C=O) groups excluding carboxylic acids is 1. The molecule has 2 rings (SSSR count).